The third kappa shape index (κ3) is 3.03. The van der Waals surface area contributed by atoms with E-state index in [2.05, 4.69) is 88.4 Å². The molecular formula is C23H26. The van der Waals surface area contributed by atoms with Gasteiger partial charge in [-0.25, -0.2) is 0 Å². The molecule has 1 aliphatic carbocycles. The minimum atomic E-state index is 0.545. The van der Waals surface area contributed by atoms with Gasteiger partial charge < -0.3 is 0 Å². The van der Waals surface area contributed by atoms with Crippen molar-refractivity contribution in [2.75, 3.05) is 0 Å². The Morgan fingerprint density at radius 1 is 0.565 bits per heavy atom. The highest BCUT2D eigenvalue weighted by atomic mass is 14.3. The van der Waals surface area contributed by atoms with Crippen LogP contribution >= 0.6 is 0 Å². The van der Waals surface area contributed by atoms with Gasteiger partial charge in [0.25, 0.3) is 0 Å². The maximum atomic E-state index is 2.33. The first kappa shape index (κ1) is 15.8. The molecule has 0 aliphatic heterocycles. The van der Waals surface area contributed by atoms with Crippen LogP contribution in [0.3, 0.4) is 0 Å². The van der Waals surface area contributed by atoms with Crippen molar-refractivity contribution in [2.45, 2.75) is 34.1 Å². The van der Waals surface area contributed by atoms with Gasteiger partial charge in [0.1, 0.15) is 0 Å². The van der Waals surface area contributed by atoms with Crippen LogP contribution in [0.4, 0.5) is 0 Å². The number of hydrogen-bond acceptors (Lipinski definition) is 0. The van der Waals surface area contributed by atoms with Gasteiger partial charge in [0.15, 0.2) is 0 Å². The van der Waals surface area contributed by atoms with Crippen molar-refractivity contribution >= 4 is 11.1 Å². The average Bonchev–Trinajstić information content (AvgIpc) is 2.97. The second-order valence-electron chi connectivity index (χ2n) is 7.00. The standard InChI is InChI=1S/C23H26/c1-16(2)22-20(18-11-7-5-8-12-18)15-21(23(22)17(3)4)19-13-9-6-10-14-19/h5-14,16-17H,15H2,1-4H3. The molecule has 0 spiro atoms. The molecule has 0 atom stereocenters. The molecule has 0 saturated carbocycles. The smallest absolute Gasteiger partial charge is 0.000801 e. The van der Waals surface area contributed by atoms with Crippen LogP contribution in [0.5, 0.6) is 0 Å². The van der Waals surface area contributed by atoms with E-state index >= 15 is 0 Å². The lowest BCUT2D eigenvalue weighted by Gasteiger charge is -2.19. The van der Waals surface area contributed by atoms with E-state index in [1.54, 1.807) is 11.1 Å². The van der Waals surface area contributed by atoms with Crippen LogP contribution in [0.2, 0.25) is 0 Å². The SMILES string of the molecule is CC(C)C1=C(c2ccccc2)CC(c2ccccc2)=C1C(C)C. The Labute approximate surface area is 140 Å². The van der Waals surface area contributed by atoms with Gasteiger partial charge in [-0.3, -0.25) is 0 Å². The van der Waals surface area contributed by atoms with E-state index in [9.17, 15) is 0 Å². The first-order valence-electron chi connectivity index (χ1n) is 8.67. The van der Waals surface area contributed by atoms with Crippen molar-refractivity contribution in [3.05, 3.63) is 82.9 Å². The van der Waals surface area contributed by atoms with Crippen LogP contribution in [0, 0.1) is 11.8 Å². The van der Waals surface area contributed by atoms with Crippen LogP contribution in [0.25, 0.3) is 11.1 Å². The molecule has 0 bridgehead atoms. The Kier molecular flexibility index (Phi) is 4.52. The lowest BCUT2D eigenvalue weighted by molar-refractivity contribution is 0.711. The molecule has 118 valence electrons. The zero-order chi connectivity index (χ0) is 16.4. The lowest BCUT2D eigenvalue weighted by Crippen LogP contribution is -2.04. The molecular weight excluding hydrogens is 276 g/mol. The molecule has 0 saturated heterocycles. The lowest BCUT2D eigenvalue weighted by atomic mass is 9.85. The largest absolute Gasteiger partial charge is 0.0622 e. The second-order valence-corrected chi connectivity index (χ2v) is 7.00. The fourth-order valence-electron chi connectivity index (χ4n) is 3.81. The summed E-state index contributed by atoms with van der Waals surface area (Å²) in [5.74, 6) is 1.09. The molecule has 0 fully saturated rings. The summed E-state index contributed by atoms with van der Waals surface area (Å²) in [7, 11) is 0. The van der Waals surface area contributed by atoms with E-state index in [1.807, 2.05) is 0 Å². The summed E-state index contributed by atoms with van der Waals surface area (Å²) in [6, 6.07) is 21.8. The number of allylic oxidation sites excluding steroid dienone is 4. The van der Waals surface area contributed by atoms with Gasteiger partial charge in [0, 0.05) is 0 Å². The Morgan fingerprint density at radius 3 is 1.22 bits per heavy atom. The summed E-state index contributed by atoms with van der Waals surface area (Å²) in [6.45, 7) is 9.31. The van der Waals surface area contributed by atoms with E-state index in [0.29, 0.717) is 11.8 Å². The van der Waals surface area contributed by atoms with Crippen molar-refractivity contribution in [3.63, 3.8) is 0 Å². The number of rotatable bonds is 4. The van der Waals surface area contributed by atoms with Gasteiger partial charge in [-0.1, -0.05) is 88.4 Å². The fourth-order valence-corrected chi connectivity index (χ4v) is 3.81. The third-order valence-electron chi connectivity index (χ3n) is 4.69. The monoisotopic (exact) mass is 302 g/mol. The summed E-state index contributed by atoms with van der Waals surface area (Å²) in [4.78, 5) is 0. The van der Waals surface area contributed by atoms with Crippen molar-refractivity contribution in [2.24, 2.45) is 11.8 Å². The van der Waals surface area contributed by atoms with Crippen molar-refractivity contribution < 1.29 is 0 Å². The predicted molar refractivity (Wildman–Crippen MR) is 101 cm³/mol. The molecule has 0 aromatic heterocycles. The predicted octanol–water partition coefficient (Wildman–Crippen LogP) is 6.61. The number of benzene rings is 2. The van der Waals surface area contributed by atoms with Crippen molar-refractivity contribution in [1.29, 1.82) is 0 Å². The first-order chi connectivity index (χ1) is 11.1. The van der Waals surface area contributed by atoms with E-state index in [4.69, 9.17) is 0 Å². The van der Waals surface area contributed by atoms with E-state index in [1.165, 1.54) is 22.3 Å². The molecule has 0 nitrogen and oxygen atoms in total. The quantitative estimate of drug-likeness (QED) is 0.596. The van der Waals surface area contributed by atoms with Gasteiger partial charge in [-0.15, -0.1) is 0 Å². The summed E-state index contributed by atoms with van der Waals surface area (Å²) >= 11 is 0. The Morgan fingerprint density at radius 2 is 0.913 bits per heavy atom. The topological polar surface area (TPSA) is 0 Å². The first-order valence-corrected chi connectivity index (χ1v) is 8.67. The van der Waals surface area contributed by atoms with Gasteiger partial charge in [-0.05, 0) is 51.7 Å². The fraction of sp³-hybridized carbons (Fsp3) is 0.304. The summed E-state index contributed by atoms with van der Waals surface area (Å²) in [6.07, 6.45) is 1.05. The van der Waals surface area contributed by atoms with E-state index in [-0.39, 0.29) is 0 Å². The van der Waals surface area contributed by atoms with Crippen LogP contribution in [-0.2, 0) is 0 Å². The third-order valence-corrected chi connectivity index (χ3v) is 4.69. The molecule has 2 aromatic carbocycles. The van der Waals surface area contributed by atoms with Crippen molar-refractivity contribution in [3.8, 4) is 0 Å². The zero-order valence-electron chi connectivity index (χ0n) is 14.6. The van der Waals surface area contributed by atoms with Crippen LogP contribution in [0.1, 0.15) is 45.2 Å². The van der Waals surface area contributed by atoms with E-state index < -0.39 is 0 Å². The van der Waals surface area contributed by atoms with Crippen LogP contribution in [0.15, 0.2) is 71.8 Å². The molecule has 0 unspecified atom stereocenters. The summed E-state index contributed by atoms with van der Waals surface area (Å²) in [5.41, 5.74) is 8.90. The van der Waals surface area contributed by atoms with Crippen LogP contribution in [-0.4, -0.2) is 0 Å². The highest BCUT2D eigenvalue weighted by molar-refractivity contribution is 5.92. The maximum absolute atomic E-state index is 2.33. The molecule has 2 aromatic rings. The van der Waals surface area contributed by atoms with Crippen molar-refractivity contribution in [1.82, 2.24) is 0 Å². The second kappa shape index (κ2) is 6.58. The molecule has 0 heterocycles. The minimum absolute atomic E-state index is 0.545. The highest BCUT2D eigenvalue weighted by Gasteiger charge is 2.29. The van der Waals surface area contributed by atoms with Gasteiger partial charge in [0.2, 0.25) is 0 Å². The average molecular weight is 302 g/mol. The van der Waals surface area contributed by atoms with Gasteiger partial charge >= 0.3 is 0 Å². The highest BCUT2D eigenvalue weighted by Crippen LogP contribution is 2.48. The summed E-state index contributed by atoms with van der Waals surface area (Å²) < 4.78 is 0. The Balaban J connectivity index is 2.17. The molecule has 0 amide bonds. The zero-order valence-corrected chi connectivity index (χ0v) is 14.6. The molecule has 1 aliphatic rings. The van der Waals surface area contributed by atoms with Gasteiger partial charge in [0.05, 0.1) is 0 Å². The molecule has 3 rings (SSSR count). The molecule has 23 heavy (non-hydrogen) atoms. The van der Waals surface area contributed by atoms with Gasteiger partial charge in [-0.2, -0.15) is 0 Å². The minimum Gasteiger partial charge on any atom is -0.0622 e. The maximum Gasteiger partial charge on any atom is -0.000801 e. The summed E-state index contributed by atoms with van der Waals surface area (Å²) in [5, 5.41) is 0. The molecule has 0 N–H and O–H groups in total. The number of hydrogen-bond donors (Lipinski definition) is 0. The Bertz CT molecular complexity index is 663. The molecule has 0 heteroatoms. The van der Waals surface area contributed by atoms with Crippen LogP contribution < -0.4 is 0 Å². The van der Waals surface area contributed by atoms with E-state index in [0.717, 1.165) is 6.42 Å². The Hall–Kier alpha value is -2.08. The molecule has 0 radical (unpaired) electrons. The normalized spacial score (nSPS) is 15.2.